The molecule has 0 atom stereocenters. The van der Waals surface area contributed by atoms with Gasteiger partial charge in [0.1, 0.15) is 12.5 Å². The third-order valence-corrected chi connectivity index (χ3v) is 2.52. The van der Waals surface area contributed by atoms with Gasteiger partial charge in [-0.3, -0.25) is 4.98 Å². The van der Waals surface area contributed by atoms with Gasteiger partial charge in [0.15, 0.2) is 0 Å². The minimum atomic E-state index is 0.466. The Labute approximate surface area is 107 Å². The van der Waals surface area contributed by atoms with E-state index in [0.717, 1.165) is 25.3 Å². The molecule has 1 aromatic carbocycles. The van der Waals surface area contributed by atoms with Crippen LogP contribution >= 0.6 is 0 Å². The van der Waals surface area contributed by atoms with E-state index in [-0.39, 0.29) is 0 Å². The fourth-order valence-corrected chi connectivity index (χ4v) is 1.61. The summed E-state index contributed by atoms with van der Waals surface area (Å²) in [6.07, 6.45) is 7.04. The van der Waals surface area contributed by atoms with E-state index in [0.29, 0.717) is 6.73 Å². The fraction of sp³-hybridized carbons (Fsp3) is 0.286. The van der Waals surface area contributed by atoms with Crippen molar-refractivity contribution < 1.29 is 4.74 Å². The molecule has 4 nitrogen and oxygen atoms in total. The zero-order chi connectivity index (χ0) is 12.5. The molecule has 2 aromatic rings. The van der Waals surface area contributed by atoms with Gasteiger partial charge in [-0.05, 0) is 18.4 Å². The van der Waals surface area contributed by atoms with Gasteiger partial charge in [0.25, 0.3) is 0 Å². The van der Waals surface area contributed by atoms with Crippen molar-refractivity contribution in [3.05, 3.63) is 54.5 Å². The van der Waals surface area contributed by atoms with E-state index in [1.165, 1.54) is 5.56 Å². The van der Waals surface area contributed by atoms with Gasteiger partial charge in [-0.1, -0.05) is 30.3 Å². The standard InChI is InChI=1S/C14H17N3O/c1-2-5-13(6-3-1)7-4-10-18-12-17-14-11-15-8-9-16-14/h1-3,5-6,8-9,11H,4,7,10,12H2,(H,16,17). The highest BCUT2D eigenvalue weighted by Gasteiger charge is 1.93. The Morgan fingerprint density at radius 2 is 2.00 bits per heavy atom. The Hall–Kier alpha value is -1.94. The maximum atomic E-state index is 5.48. The first-order chi connectivity index (χ1) is 8.95. The number of rotatable bonds is 7. The topological polar surface area (TPSA) is 47.0 Å². The minimum absolute atomic E-state index is 0.466. The number of hydrogen-bond acceptors (Lipinski definition) is 4. The molecule has 1 aromatic heterocycles. The minimum Gasteiger partial charge on any atom is -0.361 e. The van der Waals surface area contributed by atoms with Crippen molar-refractivity contribution in [2.75, 3.05) is 18.7 Å². The molecule has 0 saturated carbocycles. The van der Waals surface area contributed by atoms with Crippen LogP contribution in [0.2, 0.25) is 0 Å². The van der Waals surface area contributed by atoms with Gasteiger partial charge in [-0.2, -0.15) is 0 Å². The van der Waals surface area contributed by atoms with E-state index in [1.807, 2.05) is 6.07 Å². The first-order valence-electron chi connectivity index (χ1n) is 6.07. The van der Waals surface area contributed by atoms with E-state index in [4.69, 9.17) is 4.74 Å². The maximum Gasteiger partial charge on any atom is 0.146 e. The molecule has 0 bridgehead atoms. The number of ether oxygens (including phenoxy) is 1. The summed E-state index contributed by atoms with van der Waals surface area (Å²) in [6.45, 7) is 1.20. The van der Waals surface area contributed by atoms with Gasteiger partial charge in [0, 0.05) is 19.0 Å². The Bertz CT molecular complexity index is 390. The van der Waals surface area contributed by atoms with E-state index < -0.39 is 0 Å². The van der Waals surface area contributed by atoms with Crippen molar-refractivity contribution in [2.45, 2.75) is 12.8 Å². The number of benzene rings is 1. The summed E-state index contributed by atoms with van der Waals surface area (Å²) in [5.74, 6) is 0.737. The number of nitrogens with one attached hydrogen (secondary N) is 1. The smallest absolute Gasteiger partial charge is 0.146 e. The molecule has 0 amide bonds. The van der Waals surface area contributed by atoms with Crippen LogP contribution in [0.5, 0.6) is 0 Å². The van der Waals surface area contributed by atoms with Crippen LogP contribution < -0.4 is 5.32 Å². The maximum absolute atomic E-state index is 5.48. The van der Waals surface area contributed by atoms with E-state index in [1.54, 1.807) is 18.6 Å². The highest BCUT2D eigenvalue weighted by molar-refractivity contribution is 5.28. The molecule has 1 heterocycles. The Morgan fingerprint density at radius 3 is 2.78 bits per heavy atom. The third-order valence-electron chi connectivity index (χ3n) is 2.52. The van der Waals surface area contributed by atoms with Crippen molar-refractivity contribution in [3.8, 4) is 0 Å². The lowest BCUT2D eigenvalue weighted by atomic mass is 10.1. The van der Waals surface area contributed by atoms with Crippen LogP contribution in [0.25, 0.3) is 0 Å². The number of anilines is 1. The highest BCUT2D eigenvalue weighted by Crippen LogP contribution is 2.02. The van der Waals surface area contributed by atoms with Crippen LogP contribution in [0.15, 0.2) is 48.9 Å². The molecule has 0 aliphatic rings. The summed E-state index contributed by atoms with van der Waals surface area (Å²) >= 11 is 0. The van der Waals surface area contributed by atoms with Crippen molar-refractivity contribution in [2.24, 2.45) is 0 Å². The second-order valence-corrected chi connectivity index (χ2v) is 3.91. The van der Waals surface area contributed by atoms with Crippen molar-refractivity contribution in [3.63, 3.8) is 0 Å². The second-order valence-electron chi connectivity index (χ2n) is 3.91. The largest absolute Gasteiger partial charge is 0.361 e. The predicted molar refractivity (Wildman–Crippen MR) is 71.2 cm³/mol. The average molecular weight is 243 g/mol. The predicted octanol–water partition coefficient (Wildman–Crippen LogP) is 2.50. The second kappa shape index (κ2) is 7.40. The SMILES string of the molecule is c1ccc(CCCOCNc2cnccn2)cc1. The summed E-state index contributed by atoms with van der Waals surface area (Å²) in [5.41, 5.74) is 1.35. The normalized spacial score (nSPS) is 10.2. The number of aromatic nitrogens is 2. The van der Waals surface area contributed by atoms with E-state index in [9.17, 15) is 0 Å². The van der Waals surface area contributed by atoms with Crippen LogP contribution in [0, 0.1) is 0 Å². The first-order valence-corrected chi connectivity index (χ1v) is 6.07. The van der Waals surface area contributed by atoms with Gasteiger partial charge in [0.05, 0.1) is 6.20 Å². The molecule has 4 heteroatoms. The number of aryl methyl sites for hydroxylation is 1. The lowest BCUT2D eigenvalue weighted by Crippen LogP contribution is -2.08. The molecule has 0 saturated heterocycles. The Balaban J connectivity index is 1.54. The molecule has 94 valence electrons. The Kier molecular flexibility index (Phi) is 5.14. The monoisotopic (exact) mass is 243 g/mol. The van der Waals surface area contributed by atoms with Crippen LogP contribution in [-0.4, -0.2) is 23.3 Å². The number of nitrogens with zero attached hydrogens (tertiary/aromatic N) is 2. The molecule has 0 aliphatic carbocycles. The summed E-state index contributed by atoms with van der Waals surface area (Å²) in [4.78, 5) is 8.05. The molecule has 2 rings (SSSR count). The summed E-state index contributed by atoms with van der Waals surface area (Å²) in [6, 6.07) is 10.4. The zero-order valence-corrected chi connectivity index (χ0v) is 10.2. The zero-order valence-electron chi connectivity index (χ0n) is 10.2. The lowest BCUT2D eigenvalue weighted by molar-refractivity contribution is 0.149. The molecule has 0 radical (unpaired) electrons. The quantitative estimate of drug-likeness (QED) is 0.599. The summed E-state index contributed by atoms with van der Waals surface area (Å²) < 4.78 is 5.48. The van der Waals surface area contributed by atoms with Gasteiger partial charge < -0.3 is 10.1 Å². The molecule has 0 aliphatic heterocycles. The Morgan fingerprint density at radius 1 is 1.11 bits per heavy atom. The fourth-order valence-electron chi connectivity index (χ4n) is 1.61. The highest BCUT2D eigenvalue weighted by atomic mass is 16.5. The molecule has 0 spiro atoms. The van der Waals surface area contributed by atoms with Crippen molar-refractivity contribution in [1.29, 1.82) is 0 Å². The van der Waals surface area contributed by atoms with Gasteiger partial charge in [-0.15, -0.1) is 0 Å². The van der Waals surface area contributed by atoms with Crippen LogP contribution in [0.1, 0.15) is 12.0 Å². The molecule has 0 fully saturated rings. The van der Waals surface area contributed by atoms with E-state index in [2.05, 4.69) is 39.6 Å². The summed E-state index contributed by atoms with van der Waals surface area (Å²) in [7, 11) is 0. The lowest BCUT2D eigenvalue weighted by Gasteiger charge is -2.06. The number of hydrogen-bond donors (Lipinski definition) is 1. The molecule has 18 heavy (non-hydrogen) atoms. The molecular formula is C14H17N3O. The first kappa shape index (κ1) is 12.5. The summed E-state index contributed by atoms with van der Waals surface area (Å²) in [5, 5.41) is 3.05. The molecule has 0 unspecified atom stereocenters. The van der Waals surface area contributed by atoms with Gasteiger partial charge in [-0.25, -0.2) is 4.98 Å². The molecular weight excluding hydrogens is 226 g/mol. The molecule has 1 N–H and O–H groups in total. The van der Waals surface area contributed by atoms with Gasteiger partial charge in [0.2, 0.25) is 0 Å². The van der Waals surface area contributed by atoms with Crippen molar-refractivity contribution in [1.82, 2.24) is 9.97 Å². The van der Waals surface area contributed by atoms with Crippen LogP contribution in [0.3, 0.4) is 0 Å². The average Bonchev–Trinajstić information content (AvgIpc) is 2.45. The van der Waals surface area contributed by atoms with Crippen LogP contribution in [0.4, 0.5) is 5.82 Å². The van der Waals surface area contributed by atoms with E-state index >= 15 is 0 Å². The third kappa shape index (κ3) is 4.51. The van der Waals surface area contributed by atoms with Crippen molar-refractivity contribution >= 4 is 5.82 Å². The van der Waals surface area contributed by atoms with Gasteiger partial charge >= 0.3 is 0 Å². The van der Waals surface area contributed by atoms with Crippen LogP contribution in [-0.2, 0) is 11.2 Å².